The molecule has 0 aliphatic heterocycles. The molecule has 0 amide bonds. The number of hydrogen-bond acceptors (Lipinski definition) is 5. The van der Waals surface area contributed by atoms with E-state index < -0.39 is 36.3 Å². The van der Waals surface area contributed by atoms with E-state index >= 15 is 0 Å². The fourth-order valence-electron chi connectivity index (χ4n) is 0.696. The maximum Gasteiger partial charge on any atom is 0.425 e. The molecular weight excluding hydrogens is 272 g/mol. The first-order chi connectivity index (χ1) is 6.93. The summed E-state index contributed by atoms with van der Waals surface area (Å²) in [6, 6.07) is 0. The van der Waals surface area contributed by atoms with E-state index in [1.807, 2.05) is 0 Å². The molecule has 2 atom stereocenters. The summed E-state index contributed by atoms with van der Waals surface area (Å²) in [4.78, 5) is 0. The highest BCUT2D eigenvalue weighted by Crippen LogP contribution is 2.42. The minimum atomic E-state index is -5.06. The summed E-state index contributed by atoms with van der Waals surface area (Å²) < 4.78 is 77.4. The van der Waals surface area contributed by atoms with Crippen LogP contribution in [0.2, 0.25) is 0 Å². The Morgan fingerprint density at radius 2 is 1.69 bits per heavy atom. The van der Waals surface area contributed by atoms with Gasteiger partial charge in [-0.1, -0.05) is 0 Å². The van der Waals surface area contributed by atoms with Gasteiger partial charge in [0.25, 0.3) is 10.1 Å². The molecule has 0 saturated heterocycles. The Labute approximate surface area is 91.9 Å². The van der Waals surface area contributed by atoms with E-state index in [-0.39, 0.29) is 0 Å². The molecule has 0 aromatic heterocycles. The first kappa shape index (κ1) is 15.9. The number of alkyl halides is 3. The van der Waals surface area contributed by atoms with E-state index in [4.69, 9.17) is 0 Å². The smallest absolute Gasteiger partial charge is 0.326 e. The average Bonchev–Trinajstić information content (AvgIpc) is 1.94. The maximum atomic E-state index is 12.3. The van der Waals surface area contributed by atoms with E-state index in [9.17, 15) is 26.2 Å². The molecule has 2 unspecified atom stereocenters. The van der Waals surface area contributed by atoms with Gasteiger partial charge in [-0.2, -0.15) is 21.6 Å². The van der Waals surface area contributed by atoms with Crippen molar-refractivity contribution in [3.05, 3.63) is 0 Å². The molecule has 0 aliphatic carbocycles. The fraction of sp³-hybridized carbons (Fsp3) is 1.00. The Kier molecular flexibility index (Phi) is 5.45. The van der Waals surface area contributed by atoms with Crippen LogP contribution in [0.4, 0.5) is 13.2 Å². The monoisotopic (exact) mass is 284 g/mol. The van der Waals surface area contributed by atoms with Gasteiger partial charge in [-0.3, -0.25) is 4.57 Å². The summed E-state index contributed by atoms with van der Waals surface area (Å²) in [6.07, 6.45) is -5.34. The van der Waals surface area contributed by atoms with Crippen molar-refractivity contribution in [2.75, 3.05) is 6.26 Å². The largest absolute Gasteiger partial charge is 0.425 e. The zero-order valence-corrected chi connectivity index (χ0v) is 10.6. The summed E-state index contributed by atoms with van der Waals surface area (Å²) in [7, 11) is -8.06. The van der Waals surface area contributed by atoms with Crippen LogP contribution in [-0.2, 0) is 23.4 Å². The van der Waals surface area contributed by atoms with Crippen LogP contribution >= 0.6 is 8.03 Å². The van der Waals surface area contributed by atoms with Crippen molar-refractivity contribution in [2.24, 2.45) is 0 Å². The van der Waals surface area contributed by atoms with E-state index in [0.717, 1.165) is 0 Å². The van der Waals surface area contributed by atoms with Crippen LogP contribution in [0.25, 0.3) is 0 Å². The zero-order valence-electron chi connectivity index (χ0n) is 8.74. The molecule has 0 spiro atoms. The molecule has 0 rings (SSSR count). The Hall–Kier alpha value is -0.110. The van der Waals surface area contributed by atoms with Crippen LogP contribution in [0, 0.1) is 0 Å². The summed E-state index contributed by atoms with van der Waals surface area (Å²) in [5.74, 6) is -2.94. The molecule has 5 nitrogen and oxygen atoms in total. The topological polar surface area (TPSA) is 69.7 Å². The molecule has 0 aromatic rings. The van der Waals surface area contributed by atoms with Crippen molar-refractivity contribution >= 4 is 18.1 Å². The van der Waals surface area contributed by atoms with Crippen molar-refractivity contribution in [2.45, 2.75) is 32.0 Å². The third kappa shape index (κ3) is 6.47. The lowest BCUT2D eigenvalue weighted by atomic mass is 10.5. The SMILES string of the molecule is CC(C)O[PH](=O)C(OS(C)(=O)=O)C(F)(F)F. The third-order valence-electron chi connectivity index (χ3n) is 1.13. The van der Waals surface area contributed by atoms with Crippen LogP contribution in [0.3, 0.4) is 0 Å². The maximum absolute atomic E-state index is 12.3. The lowest BCUT2D eigenvalue weighted by molar-refractivity contribution is -0.170. The van der Waals surface area contributed by atoms with Crippen molar-refractivity contribution in [3.63, 3.8) is 0 Å². The molecule has 16 heavy (non-hydrogen) atoms. The number of halogens is 3. The van der Waals surface area contributed by atoms with Gasteiger partial charge in [0.1, 0.15) is 0 Å². The van der Waals surface area contributed by atoms with Crippen LogP contribution in [0.15, 0.2) is 0 Å². The van der Waals surface area contributed by atoms with Crippen molar-refractivity contribution in [1.29, 1.82) is 0 Å². The second-order valence-electron chi connectivity index (χ2n) is 3.21. The van der Waals surface area contributed by atoms with Gasteiger partial charge in [0, 0.05) is 0 Å². The van der Waals surface area contributed by atoms with Gasteiger partial charge in [-0.05, 0) is 13.8 Å². The highest BCUT2D eigenvalue weighted by molar-refractivity contribution is 7.86. The Bertz CT molecular complexity index is 350. The first-order valence-corrected chi connectivity index (χ1v) is 7.30. The second-order valence-corrected chi connectivity index (χ2v) is 6.21. The van der Waals surface area contributed by atoms with Crippen LogP contribution in [-0.4, -0.2) is 32.8 Å². The highest BCUT2D eigenvalue weighted by atomic mass is 32.2. The normalized spacial score (nSPS) is 17.4. The van der Waals surface area contributed by atoms with Crippen molar-refractivity contribution in [1.82, 2.24) is 0 Å². The van der Waals surface area contributed by atoms with E-state index in [0.29, 0.717) is 6.26 Å². The minimum Gasteiger partial charge on any atom is -0.326 e. The quantitative estimate of drug-likeness (QED) is 0.568. The third-order valence-corrected chi connectivity index (χ3v) is 3.42. The Balaban J connectivity index is 4.90. The molecule has 0 heterocycles. The van der Waals surface area contributed by atoms with E-state index in [1.54, 1.807) is 0 Å². The lowest BCUT2D eigenvalue weighted by Gasteiger charge is -2.19. The molecule has 0 aliphatic rings. The molecular formula is C6H12F3O5PS. The fourth-order valence-corrected chi connectivity index (χ4v) is 2.85. The molecule has 0 aromatic carbocycles. The summed E-state index contributed by atoms with van der Waals surface area (Å²) >= 11 is 0. The van der Waals surface area contributed by atoms with Crippen LogP contribution < -0.4 is 0 Å². The second kappa shape index (κ2) is 5.48. The summed E-state index contributed by atoms with van der Waals surface area (Å²) in [5.41, 5.74) is 0. The zero-order chi connectivity index (χ0) is 13.1. The molecule has 0 fully saturated rings. The highest BCUT2D eigenvalue weighted by Gasteiger charge is 2.48. The van der Waals surface area contributed by atoms with Gasteiger partial charge in [-0.25, -0.2) is 4.18 Å². The molecule has 0 N–H and O–H groups in total. The molecule has 10 heteroatoms. The molecule has 0 radical (unpaired) electrons. The lowest BCUT2D eigenvalue weighted by Crippen LogP contribution is -2.31. The minimum absolute atomic E-state index is 0.441. The summed E-state index contributed by atoms with van der Waals surface area (Å²) in [5, 5.41) is 0. The Morgan fingerprint density at radius 3 is 1.94 bits per heavy atom. The van der Waals surface area contributed by atoms with Crippen LogP contribution in [0.5, 0.6) is 0 Å². The predicted molar refractivity (Wildman–Crippen MR) is 51.0 cm³/mol. The Morgan fingerprint density at radius 1 is 1.25 bits per heavy atom. The van der Waals surface area contributed by atoms with Gasteiger partial charge >= 0.3 is 6.18 Å². The molecule has 0 bridgehead atoms. The first-order valence-electron chi connectivity index (χ1n) is 4.09. The van der Waals surface area contributed by atoms with Gasteiger partial charge < -0.3 is 4.52 Å². The van der Waals surface area contributed by atoms with E-state index in [1.165, 1.54) is 13.8 Å². The molecule has 98 valence electrons. The van der Waals surface area contributed by atoms with Crippen LogP contribution in [0.1, 0.15) is 13.8 Å². The van der Waals surface area contributed by atoms with E-state index in [2.05, 4.69) is 8.71 Å². The average molecular weight is 284 g/mol. The molecule has 0 saturated carbocycles. The summed E-state index contributed by atoms with van der Waals surface area (Å²) in [6.45, 7) is 2.74. The van der Waals surface area contributed by atoms with Crippen molar-refractivity contribution < 1.29 is 34.9 Å². The van der Waals surface area contributed by atoms with Crippen molar-refractivity contribution in [3.8, 4) is 0 Å². The van der Waals surface area contributed by atoms with Gasteiger partial charge in [0.2, 0.25) is 13.9 Å². The predicted octanol–water partition coefficient (Wildman–Crippen LogP) is 1.75. The van der Waals surface area contributed by atoms with Gasteiger partial charge in [0.05, 0.1) is 12.4 Å². The standard InChI is InChI=1S/C6H12F3O5PS/c1-4(2)13-15(10)5(6(7,8)9)14-16(3,11)12/h4-5,15H,1-3H3. The number of rotatable bonds is 5. The van der Waals surface area contributed by atoms with Gasteiger partial charge in [0.15, 0.2) is 0 Å². The van der Waals surface area contributed by atoms with Gasteiger partial charge in [-0.15, -0.1) is 0 Å². The number of hydrogen-bond donors (Lipinski definition) is 0.